The lowest BCUT2D eigenvalue weighted by Gasteiger charge is -2.14. The van der Waals surface area contributed by atoms with E-state index in [4.69, 9.17) is 10.2 Å². The Hall–Kier alpha value is -3.33. The van der Waals surface area contributed by atoms with Crippen LogP contribution < -0.4 is 5.73 Å². The second-order valence-corrected chi connectivity index (χ2v) is 8.70. The maximum atomic E-state index is 12.5. The minimum absolute atomic E-state index is 0.330. The average Bonchev–Trinajstić information content (AvgIpc) is 3.49. The monoisotopic (exact) mass is 456 g/mol. The molecule has 32 heavy (non-hydrogen) atoms. The Bertz CT molecular complexity index is 1340. The topological polar surface area (TPSA) is 80.7 Å². The van der Waals surface area contributed by atoms with Crippen molar-refractivity contribution in [2.24, 2.45) is 0 Å². The molecule has 0 bridgehead atoms. The van der Waals surface area contributed by atoms with Crippen LogP contribution in [0.2, 0.25) is 0 Å². The Morgan fingerprint density at radius 3 is 2.47 bits per heavy atom. The SMILES string of the molecule is FC(F)(F)c1ccc2nc(-c3ccco3)[nH]c2c1.Nc1nc2cc3c(cc2s1)CCCC3. The molecule has 9 heteroatoms. The van der Waals surface area contributed by atoms with Gasteiger partial charge in [0.2, 0.25) is 0 Å². The first-order chi connectivity index (χ1) is 15.4. The fourth-order valence-corrected chi connectivity index (χ4v) is 4.67. The number of aryl methyl sites for hydroxylation is 2. The standard InChI is InChI=1S/C12H7F3N2O.C11H12N2S/c13-12(14,15)7-3-4-8-9(6-7)17-11(16-8)10-2-1-5-18-10;12-11-13-9-5-7-3-1-2-4-8(7)6-10(9)14-11/h1-6H,(H,16,17);5-6H,1-4H2,(H2,12,13). The lowest BCUT2D eigenvalue weighted by Crippen LogP contribution is -2.04. The second-order valence-electron chi connectivity index (χ2n) is 7.64. The zero-order chi connectivity index (χ0) is 22.3. The van der Waals surface area contributed by atoms with E-state index in [0.717, 1.165) is 17.6 Å². The van der Waals surface area contributed by atoms with E-state index in [1.807, 2.05) is 0 Å². The number of furan rings is 1. The quantitative estimate of drug-likeness (QED) is 0.298. The van der Waals surface area contributed by atoms with E-state index in [0.29, 0.717) is 27.7 Å². The first-order valence-corrected chi connectivity index (χ1v) is 11.0. The summed E-state index contributed by atoms with van der Waals surface area (Å²) in [5, 5.41) is 0.683. The van der Waals surface area contributed by atoms with Gasteiger partial charge in [0, 0.05) is 0 Å². The fourth-order valence-electron chi connectivity index (χ4n) is 3.89. The van der Waals surface area contributed by atoms with Crippen molar-refractivity contribution in [2.45, 2.75) is 31.9 Å². The van der Waals surface area contributed by atoms with Crippen LogP contribution in [0.1, 0.15) is 29.5 Å². The van der Waals surface area contributed by atoms with Gasteiger partial charge in [0.15, 0.2) is 16.7 Å². The Balaban J connectivity index is 0.000000139. The van der Waals surface area contributed by atoms with Gasteiger partial charge in [-0.1, -0.05) is 11.3 Å². The first-order valence-electron chi connectivity index (χ1n) is 10.2. The summed E-state index contributed by atoms with van der Waals surface area (Å²) in [5.41, 5.74) is 9.85. The molecule has 5 aromatic rings. The number of nitrogens with zero attached hydrogens (tertiary/aromatic N) is 2. The summed E-state index contributed by atoms with van der Waals surface area (Å²) < 4.78 is 44.0. The Kier molecular flexibility index (Phi) is 5.13. The van der Waals surface area contributed by atoms with Crippen molar-refractivity contribution in [3.8, 4) is 11.6 Å². The number of hydrogen-bond donors (Lipinski definition) is 2. The van der Waals surface area contributed by atoms with E-state index < -0.39 is 11.7 Å². The van der Waals surface area contributed by atoms with Gasteiger partial charge in [0.25, 0.3) is 0 Å². The number of benzene rings is 2. The van der Waals surface area contributed by atoms with Crippen LogP contribution in [0.15, 0.2) is 53.1 Å². The maximum Gasteiger partial charge on any atom is 0.416 e. The van der Waals surface area contributed by atoms with Crippen molar-refractivity contribution < 1.29 is 17.6 Å². The number of rotatable bonds is 1. The van der Waals surface area contributed by atoms with Gasteiger partial charge >= 0.3 is 6.18 Å². The molecule has 2 aromatic carbocycles. The van der Waals surface area contributed by atoms with Gasteiger partial charge in [-0.05, 0) is 79.3 Å². The average molecular weight is 456 g/mol. The highest BCUT2D eigenvalue weighted by atomic mass is 32.1. The van der Waals surface area contributed by atoms with Gasteiger partial charge in [-0.3, -0.25) is 0 Å². The maximum absolute atomic E-state index is 12.5. The number of imidazole rings is 1. The van der Waals surface area contributed by atoms with Crippen molar-refractivity contribution in [2.75, 3.05) is 5.73 Å². The molecule has 1 aliphatic carbocycles. The third-order valence-corrected chi connectivity index (χ3v) is 6.28. The number of nitrogens with two attached hydrogens (primary N) is 1. The predicted octanol–water partition coefficient (Wildman–Crippen LogP) is 6.60. The Morgan fingerprint density at radius 1 is 0.969 bits per heavy atom. The number of alkyl halides is 3. The predicted molar refractivity (Wildman–Crippen MR) is 119 cm³/mol. The molecule has 1 aliphatic rings. The van der Waals surface area contributed by atoms with E-state index in [1.54, 1.807) is 23.5 Å². The Labute approximate surface area is 185 Å². The zero-order valence-electron chi connectivity index (χ0n) is 16.9. The van der Waals surface area contributed by atoms with Crippen molar-refractivity contribution in [1.29, 1.82) is 0 Å². The van der Waals surface area contributed by atoms with Gasteiger partial charge in [0.1, 0.15) is 0 Å². The molecular weight excluding hydrogens is 437 g/mol. The molecule has 3 N–H and O–H groups in total. The van der Waals surface area contributed by atoms with Crippen LogP contribution >= 0.6 is 11.3 Å². The molecule has 3 heterocycles. The first kappa shape index (κ1) is 20.6. The number of nitrogens with one attached hydrogen (secondary N) is 1. The molecule has 6 rings (SSSR count). The third kappa shape index (κ3) is 4.08. The summed E-state index contributed by atoms with van der Waals surface area (Å²) >= 11 is 1.59. The van der Waals surface area contributed by atoms with E-state index in [-0.39, 0.29) is 0 Å². The highest BCUT2D eigenvalue weighted by molar-refractivity contribution is 7.22. The van der Waals surface area contributed by atoms with Gasteiger partial charge in [-0.2, -0.15) is 13.2 Å². The number of halogens is 3. The van der Waals surface area contributed by atoms with E-state index in [1.165, 1.54) is 53.8 Å². The highest BCUT2D eigenvalue weighted by Gasteiger charge is 2.30. The summed E-state index contributed by atoms with van der Waals surface area (Å²) in [4.78, 5) is 11.3. The summed E-state index contributed by atoms with van der Waals surface area (Å²) in [5.74, 6) is 0.897. The van der Waals surface area contributed by atoms with Crippen molar-refractivity contribution in [1.82, 2.24) is 15.0 Å². The number of anilines is 1. The lowest BCUT2D eigenvalue weighted by atomic mass is 9.92. The number of fused-ring (bicyclic) bond motifs is 3. The normalized spacial score (nSPS) is 13.7. The third-order valence-electron chi connectivity index (χ3n) is 5.43. The molecule has 0 radical (unpaired) electrons. The number of H-pyrrole nitrogens is 1. The molecule has 0 atom stereocenters. The number of hydrogen-bond acceptors (Lipinski definition) is 5. The van der Waals surface area contributed by atoms with Crippen molar-refractivity contribution in [3.63, 3.8) is 0 Å². The molecule has 0 amide bonds. The summed E-state index contributed by atoms with van der Waals surface area (Å²) in [7, 11) is 0. The van der Waals surface area contributed by atoms with Crippen LogP contribution in [-0.4, -0.2) is 15.0 Å². The van der Waals surface area contributed by atoms with Crippen molar-refractivity contribution >= 4 is 37.7 Å². The molecule has 5 nitrogen and oxygen atoms in total. The van der Waals surface area contributed by atoms with Crippen LogP contribution in [0.5, 0.6) is 0 Å². The van der Waals surface area contributed by atoms with Gasteiger partial charge in [-0.25, -0.2) is 9.97 Å². The number of aromatic amines is 1. The molecule has 0 saturated heterocycles. The number of thiazole rings is 1. The van der Waals surface area contributed by atoms with Gasteiger partial charge in [-0.15, -0.1) is 0 Å². The van der Waals surface area contributed by atoms with Crippen molar-refractivity contribution in [3.05, 3.63) is 65.4 Å². The van der Waals surface area contributed by atoms with E-state index >= 15 is 0 Å². The van der Waals surface area contributed by atoms with Crippen LogP contribution in [0, 0.1) is 0 Å². The summed E-state index contributed by atoms with van der Waals surface area (Å²) in [6, 6.07) is 11.2. The summed E-state index contributed by atoms with van der Waals surface area (Å²) in [6.07, 6.45) is 2.20. The van der Waals surface area contributed by atoms with Gasteiger partial charge < -0.3 is 15.1 Å². The molecule has 164 valence electrons. The zero-order valence-corrected chi connectivity index (χ0v) is 17.7. The van der Waals surface area contributed by atoms with E-state index in [2.05, 4.69) is 27.1 Å². The van der Waals surface area contributed by atoms with Crippen LogP contribution in [0.3, 0.4) is 0 Å². The largest absolute Gasteiger partial charge is 0.461 e. The number of aromatic nitrogens is 3. The smallest absolute Gasteiger partial charge is 0.416 e. The highest BCUT2D eigenvalue weighted by Crippen LogP contribution is 2.32. The second kappa shape index (κ2) is 7.98. The molecule has 0 aliphatic heterocycles. The van der Waals surface area contributed by atoms with Gasteiger partial charge in [0.05, 0.1) is 33.1 Å². The Morgan fingerprint density at radius 2 is 1.75 bits per heavy atom. The number of nitrogen functional groups attached to an aromatic ring is 1. The minimum Gasteiger partial charge on any atom is -0.461 e. The minimum atomic E-state index is -4.36. The fraction of sp³-hybridized carbons (Fsp3) is 0.217. The molecule has 0 unspecified atom stereocenters. The molecular formula is C23H19F3N4OS. The van der Waals surface area contributed by atoms with Crippen LogP contribution in [0.25, 0.3) is 32.8 Å². The molecule has 0 fully saturated rings. The molecule has 0 spiro atoms. The lowest BCUT2D eigenvalue weighted by molar-refractivity contribution is -0.137. The summed E-state index contributed by atoms with van der Waals surface area (Å²) in [6.45, 7) is 0. The molecule has 3 aromatic heterocycles. The molecule has 0 saturated carbocycles. The van der Waals surface area contributed by atoms with E-state index in [9.17, 15) is 13.2 Å². The van der Waals surface area contributed by atoms with Crippen LogP contribution in [0.4, 0.5) is 18.3 Å². The van der Waals surface area contributed by atoms with Crippen LogP contribution in [-0.2, 0) is 19.0 Å².